The van der Waals surface area contributed by atoms with Crippen molar-refractivity contribution in [1.82, 2.24) is 0 Å². The fourth-order valence-electron chi connectivity index (χ4n) is 2.08. The Morgan fingerprint density at radius 3 is 1.41 bits per heavy atom. The van der Waals surface area contributed by atoms with Crippen molar-refractivity contribution in [1.29, 1.82) is 0 Å². The van der Waals surface area contributed by atoms with Crippen LogP contribution in [0.3, 0.4) is 0 Å². The third kappa shape index (κ3) is 15.4. The van der Waals surface area contributed by atoms with E-state index >= 15 is 0 Å². The second-order valence-electron chi connectivity index (χ2n) is 4.95. The number of nitrogens with zero attached hydrogens (tertiary/aromatic N) is 1. The molecule has 0 amide bonds. The van der Waals surface area contributed by atoms with Crippen molar-refractivity contribution in [3.8, 4) is 0 Å². The molecule has 0 atom stereocenters. The summed E-state index contributed by atoms with van der Waals surface area (Å²) in [4.78, 5) is 9.87. The summed E-state index contributed by atoms with van der Waals surface area (Å²) in [6.45, 7) is 2.40. The van der Waals surface area contributed by atoms with Crippen LogP contribution >= 0.6 is 0 Å². The second-order valence-corrected chi connectivity index (χ2v) is 4.95. The van der Waals surface area contributed by atoms with E-state index in [9.17, 15) is 10.1 Å². The topological polar surface area (TPSA) is 43.1 Å². The van der Waals surface area contributed by atoms with Gasteiger partial charge in [-0.05, 0) is 6.42 Å². The Hall–Kier alpha value is -0.600. The van der Waals surface area contributed by atoms with Crippen molar-refractivity contribution in [2.45, 2.75) is 84.0 Å². The Morgan fingerprint density at radius 2 is 1.06 bits per heavy atom. The van der Waals surface area contributed by atoms with E-state index in [1.54, 1.807) is 0 Å². The molecule has 0 radical (unpaired) electrons. The van der Waals surface area contributed by atoms with Gasteiger partial charge in [-0.3, -0.25) is 10.1 Å². The molecule has 0 N–H and O–H groups in total. The van der Waals surface area contributed by atoms with Crippen LogP contribution in [-0.2, 0) is 0 Å². The normalized spacial score (nSPS) is 10.6. The van der Waals surface area contributed by atoms with Crippen LogP contribution in [0, 0.1) is 10.1 Å². The maximum Gasteiger partial charge on any atom is 0.203 e. The van der Waals surface area contributed by atoms with E-state index in [0.717, 1.165) is 12.8 Å². The van der Waals surface area contributed by atoms with E-state index in [2.05, 4.69) is 6.92 Å². The third-order valence-electron chi connectivity index (χ3n) is 3.19. The fourth-order valence-corrected chi connectivity index (χ4v) is 2.08. The van der Waals surface area contributed by atoms with E-state index < -0.39 is 0 Å². The highest BCUT2D eigenvalue weighted by atomic mass is 16.6. The molecule has 0 aromatic rings. The van der Waals surface area contributed by atoms with Crippen LogP contribution in [0.5, 0.6) is 0 Å². The molecule has 0 aliphatic heterocycles. The van der Waals surface area contributed by atoms with Crippen molar-refractivity contribution < 1.29 is 4.92 Å². The number of hydrogen-bond donors (Lipinski definition) is 0. The maximum atomic E-state index is 10.1. The van der Waals surface area contributed by atoms with Gasteiger partial charge in [0.25, 0.3) is 0 Å². The van der Waals surface area contributed by atoms with Crippen LogP contribution in [0.15, 0.2) is 0 Å². The monoisotopic (exact) mass is 243 g/mol. The fraction of sp³-hybridized carbons (Fsp3) is 1.00. The molecule has 3 heteroatoms. The summed E-state index contributed by atoms with van der Waals surface area (Å²) in [6.07, 6.45) is 15.1. The van der Waals surface area contributed by atoms with E-state index in [1.165, 1.54) is 64.2 Å². The predicted molar refractivity (Wildman–Crippen MR) is 72.9 cm³/mol. The summed E-state index contributed by atoms with van der Waals surface area (Å²) in [5, 5.41) is 10.1. The molecular formula is C14H29NO2. The first-order valence-corrected chi connectivity index (χ1v) is 7.39. The van der Waals surface area contributed by atoms with Crippen LogP contribution < -0.4 is 0 Å². The molecule has 0 aliphatic rings. The van der Waals surface area contributed by atoms with Gasteiger partial charge in [0.15, 0.2) is 0 Å². The van der Waals surface area contributed by atoms with E-state index in [0.29, 0.717) is 0 Å². The van der Waals surface area contributed by atoms with Gasteiger partial charge in [0.1, 0.15) is 0 Å². The molecule has 0 aromatic heterocycles. The Bertz CT molecular complexity index is 172. The predicted octanol–water partition coefficient (Wildman–Crippen LogP) is 4.96. The lowest BCUT2D eigenvalue weighted by molar-refractivity contribution is -0.480. The number of hydrogen-bond acceptors (Lipinski definition) is 2. The standard InChI is InChI=1S/C14H29NO2/c1-2-3-4-5-6-7-8-9-10-11-12-13-14-15(16)17/h2-14H2,1H3. The molecule has 0 saturated carbocycles. The van der Waals surface area contributed by atoms with Gasteiger partial charge in [-0.25, -0.2) is 0 Å². The van der Waals surface area contributed by atoms with Crippen molar-refractivity contribution in [3.05, 3.63) is 10.1 Å². The summed E-state index contributed by atoms with van der Waals surface area (Å²) in [7, 11) is 0. The zero-order valence-electron chi connectivity index (χ0n) is 11.5. The molecule has 3 nitrogen and oxygen atoms in total. The quantitative estimate of drug-likeness (QED) is 0.260. The Balaban J connectivity index is 2.91. The van der Waals surface area contributed by atoms with E-state index in [1.807, 2.05) is 0 Å². The lowest BCUT2D eigenvalue weighted by atomic mass is 10.1. The molecule has 0 spiro atoms. The molecule has 17 heavy (non-hydrogen) atoms. The molecule has 0 heterocycles. The SMILES string of the molecule is CCCCCCCCCCCCCC[N+](=O)[O-]. The molecule has 0 unspecified atom stereocenters. The zero-order chi connectivity index (χ0) is 12.8. The molecule has 102 valence electrons. The minimum atomic E-state index is -0.212. The van der Waals surface area contributed by atoms with Crippen LogP contribution in [0.1, 0.15) is 84.0 Å². The molecule has 0 aliphatic carbocycles. The van der Waals surface area contributed by atoms with Crippen LogP contribution in [0.4, 0.5) is 0 Å². The van der Waals surface area contributed by atoms with Gasteiger partial charge in [0.2, 0.25) is 6.54 Å². The van der Waals surface area contributed by atoms with Gasteiger partial charge in [0, 0.05) is 11.3 Å². The maximum absolute atomic E-state index is 10.1. The Labute approximate surface area is 106 Å². The highest BCUT2D eigenvalue weighted by Gasteiger charge is 1.97. The summed E-state index contributed by atoms with van der Waals surface area (Å²) in [5.74, 6) is 0. The first-order valence-electron chi connectivity index (χ1n) is 7.39. The summed E-state index contributed by atoms with van der Waals surface area (Å²) < 4.78 is 0. The molecular weight excluding hydrogens is 214 g/mol. The van der Waals surface area contributed by atoms with E-state index in [4.69, 9.17) is 0 Å². The molecule has 0 aromatic carbocycles. The second kappa shape index (κ2) is 13.5. The molecule has 0 saturated heterocycles. The van der Waals surface area contributed by atoms with Crippen molar-refractivity contribution in [3.63, 3.8) is 0 Å². The van der Waals surface area contributed by atoms with Gasteiger partial charge in [-0.1, -0.05) is 71.1 Å². The van der Waals surface area contributed by atoms with Crippen molar-refractivity contribution in [2.75, 3.05) is 6.54 Å². The summed E-state index contributed by atoms with van der Waals surface area (Å²) in [6, 6.07) is 0. The summed E-state index contributed by atoms with van der Waals surface area (Å²) >= 11 is 0. The highest BCUT2D eigenvalue weighted by Crippen LogP contribution is 2.11. The van der Waals surface area contributed by atoms with Gasteiger partial charge in [-0.15, -0.1) is 0 Å². The molecule has 0 bridgehead atoms. The van der Waals surface area contributed by atoms with Crippen molar-refractivity contribution in [2.24, 2.45) is 0 Å². The van der Waals surface area contributed by atoms with Gasteiger partial charge >= 0.3 is 0 Å². The minimum absolute atomic E-state index is 0.150. The largest absolute Gasteiger partial charge is 0.265 e. The molecule has 0 rings (SSSR count). The van der Waals surface area contributed by atoms with Crippen LogP contribution in [0.25, 0.3) is 0 Å². The minimum Gasteiger partial charge on any atom is -0.265 e. The lowest BCUT2D eigenvalue weighted by Gasteiger charge is -2.01. The lowest BCUT2D eigenvalue weighted by Crippen LogP contribution is -1.99. The van der Waals surface area contributed by atoms with Gasteiger partial charge in [0.05, 0.1) is 0 Å². The van der Waals surface area contributed by atoms with Crippen LogP contribution in [-0.4, -0.2) is 11.5 Å². The molecule has 0 fully saturated rings. The first-order chi connectivity index (χ1) is 8.27. The Morgan fingerprint density at radius 1 is 0.706 bits per heavy atom. The zero-order valence-corrected chi connectivity index (χ0v) is 11.5. The smallest absolute Gasteiger partial charge is 0.203 e. The van der Waals surface area contributed by atoms with Gasteiger partial charge in [-0.2, -0.15) is 0 Å². The van der Waals surface area contributed by atoms with E-state index in [-0.39, 0.29) is 11.5 Å². The average molecular weight is 243 g/mol. The number of unbranched alkanes of at least 4 members (excludes halogenated alkanes) is 11. The van der Waals surface area contributed by atoms with Gasteiger partial charge < -0.3 is 0 Å². The van der Waals surface area contributed by atoms with Crippen molar-refractivity contribution >= 4 is 0 Å². The third-order valence-corrected chi connectivity index (χ3v) is 3.19. The van der Waals surface area contributed by atoms with Crippen LogP contribution in [0.2, 0.25) is 0 Å². The average Bonchev–Trinajstić information content (AvgIpc) is 2.30. The number of nitro groups is 1. The number of rotatable bonds is 13. The highest BCUT2D eigenvalue weighted by molar-refractivity contribution is 4.48. The summed E-state index contributed by atoms with van der Waals surface area (Å²) in [5.41, 5.74) is 0. The first kappa shape index (κ1) is 16.4. The Kier molecular flexibility index (Phi) is 13.0.